The van der Waals surface area contributed by atoms with Gasteiger partial charge in [0.2, 0.25) is 11.9 Å². The first-order chi connectivity index (χ1) is 19.9. The van der Waals surface area contributed by atoms with Crippen molar-refractivity contribution in [2.75, 3.05) is 16.0 Å². The molecule has 208 valence electrons. The first kappa shape index (κ1) is 27.8. The molecule has 0 atom stereocenters. The number of rotatable bonds is 7. The normalized spacial score (nSPS) is 16.4. The van der Waals surface area contributed by atoms with E-state index in [-0.39, 0.29) is 24.0 Å². The molecule has 0 unspecified atom stereocenters. The lowest BCUT2D eigenvalue weighted by Crippen LogP contribution is -2.28. The van der Waals surface area contributed by atoms with E-state index in [9.17, 15) is 9.90 Å². The summed E-state index contributed by atoms with van der Waals surface area (Å²) < 4.78 is 0. The molecule has 1 fully saturated rings. The minimum absolute atomic E-state index is 0.0476. The van der Waals surface area contributed by atoms with Gasteiger partial charge in [0.25, 0.3) is 0 Å². The monoisotopic (exact) mass is 546 g/mol. The van der Waals surface area contributed by atoms with Crippen LogP contribution in [0.1, 0.15) is 50.8 Å². The molecule has 0 aliphatic heterocycles. The number of aliphatic hydroxyl groups excluding tert-OH is 1. The number of aromatic nitrogens is 3. The van der Waals surface area contributed by atoms with Crippen LogP contribution in [0.2, 0.25) is 0 Å². The maximum absolute atomic E-state index is 12.0. The van der Waals surface area contributed by atoms with Crippen LogP contribution in [0.4, 0.5) is 23.1 Å². The molecule has 4 N–H and O–H groups in total. The van der Waals surface area contributed by atoms with E-state index in [2.05, 4.69) is 49.9 Å². The average Bonchev–Trinajstić information content (AvgIpc) is 2.99. The van der Waals surface area contributed by atoms with E-state index >= 15 is 0 Å². The van der Waals surface area contributed by atoms with E-state index in [1.165, 1.54) is 0 Å². The number of pyridine rings is 1. The van der Waals surface area contributed by atoms with Crippen LogP contribution in [-0.4, -0.2) is 38.1 Å². The van der Waals surface area contributed by atoms with Gasteiger partial charge in [-0.3, -0.25) is 4.79 Å². The fourth-order valence-corrected chi connectivity index (χ4v) is 4.56. The summed E-state index contributed by atoms with van der Waals surface area (Å²) >= 11 is 0. The van der Waals surface area contributed by atoms with Crippen LogP contribution in [0.25, 0.3) is 11.1 Å². The van der Waals surface area contributed by atoms with Gasteiger partial charge in [0, 0.05) is 46.9 Å². The fourth-order valence-electron chi connectivity index (χ4n) is 4.56. The summed E-state index contributed by atoms with van der Waals surface area (Å²) in [7, 11) is 0. The minimum atomic E-state index is -0.212. The number of carbonyl (C=O) groups excluding carboxylic acids is 1. The molecule has 0 spiro atoms. The highest BCUT2D eigenvalue weighted by atomic mass is 16.3. The smallest absolute Gasteiger partial charge is 0.229 e. The Labute approximate surface area is 240 Å². The van der Waals surface area contributed by atoms with E-state index in [1.54, 1.807) is 18.3 Å². The summed E-state index contributed by atoms with van der Waals surface area (Å²) in [4.78, 5) is 25.7. The number of anilines is 4. The Morgan fingerprint density at radius 3 is 2.41 bits per heavy atom. The van der Waals surface area contributed by atoms with E-state index < -0.39 is 0 Å². The zero-order valence-corrected chi connectivity index (χ0v) is 23.3. The number of nitrogens with zero attached hydrogens (tertiary/aromatic N) is 3. The Morgan fingerprint density at radius 2 is 1.68 bits per heavy atom. The SMILES string of the molecule is CC(C)C(=O)Nc1ccnc(C#Cc2ccc(Nc3ncc(-c4ccccc4)c(NC4CCC(O)CC4)n3)cc2)c1. The van der Waals surface area contributed by atoms with Crippen LogP contribution >= 0.6 is 0 Å². The highest BCUT2D eigenvalue weighted by Crippen LogP contribution is 2.30. The van der Waals surface area contributed by atoms with Crippen molar-refractivity contribution in [2.24, 2.45) is 5.92 Å². The second kappa shape index (κ2) is 13.1. The van der Waals surface area contributed by atoms with Crippen LogP contribution in [-0.2, 0) is 4.79 Å². The topological polar surface area (TPSA) is 112 Å². The molecule has 1 aliphatic carbocycles. The lowest BCUT2D eigenvalue weighted by Gasteiger charge is -2.27. The maximum Gasteiger partial charge on any atom is 0.229 e. The molecular formula is C33H34N6O2. The molecule has 5 rings (SSSR count). The molecule has 0 bridgehead atoms. The molecule has 1 amide bonds. The van der Waals surface area contributed by atoms with Gasteiger partial charge in [-0.05, 0) is 73.6 Å². The molecule has 2 heterocycles. The quantitative estimate of drug-likeness (QED) is 0.211. The maximum atomic E-state index is 12.0. The van der Waals surface area contributed by atoms with Crippen molar-refractivity contribution < 1.29 is 9.90 Å². The first-order valence-electron chi connectivity index (χ1n) is 14.0. The lowest BCUT2D eigenvalue weighted by molar-refractivity contribution is -0.118. The molecule has 4 aromatic rings. The van der Waals surface area contributed by atoms with Gasteiger partial charge in [-0.2, -0.15) is 4.98 Å². The zero-order valence-electron chi connectivity index (χ0n) is 23.3. The summed E-state index contributed by atoms with van der Waals surface area (Å²) in [5.74, 6) is 7.30. The summed E-state index contributed by atoms with van der Waals surface area (Å²) in [5, 5.41) is 19.7. The van der Waals surface area contributed by atoms with Crippen molar-refractivity contribution in [2.45, 2.75) is 51.7 Å². The van der Waals surface area contributed by atoms with Gasteiger partial charge in [-0.1, -0.05) is 50.1 Å². The highest BCUT2D eigenvalue weighted by molar-refractivity contribution is 5.92. The standard InChI is InChI=1S/C33H34N6O2/c1-22(2)32(41)37-28-18-19-34-27(20-28)13-10-23-8-11-26(12-9-23)38-33-35-21-30(24-6-4-3-5-7-24)31(39-33)36-25-14-16-29(40)17-15-25/h3-9,11-12,18-22,25,29,40H,14-17H2,1-2H3,(H,34,37,41)(H2,35,36,38,39). The van der Waals surface area contributed by atoms with Gasteiger partial charge < -0.3 is 21.1 Å². The Hall–Kier alpha value is -4.74. The van der Waals surface area contributed by atoms with Crippen molar-refractivity contribution in [3.05, 3.63) is 90.4 Å². The third-order valence-electron chi connectivity index (χ3n) is 6.94. The molecule has 1 saturated carbocycles. The number of aliphatic hydroxyl groups is 1. The third-order valence-corrected chi connectivity index (χ3v) is 6.94. The molecule has 8 nitrogen and oxygen atoms in total. The second-order valence-electron chi connectivity index (χ2n) is 10.5. The number of hydrogen-bond donors (Lipinski definition) is 4. The Kier molecular flexibility index (Phi) is 8.87. The van der Waals surface area contributed by atoms with Crippen molar-refractivity contribution >= 4 is 29.0 Å². The Balaban J connectivity index is 1.29. The van der Waals surface area contributed by atoms with Gasteiger partial charge >= 0.3 is 0 Å². The van der Waals surface area contributed by atoms with Crippen LogP contribution in [0.15, 0.2) is 79.1 Å². The number of nitrogens with one attached hydrogen (secondary N) is 3. The summed E-state index contributed by atoms with van der Waals surface area (Å²) in [6.45, 7) is 3.70. The van der Waals surface area contributed by atoms with E-state index in [1.807, 2.05) is 62.5 Å². The molecule has 1 aliphatic rings. The van der Waals surface area contributed by atoms with Gasteiger partial charge in [-0.15, -0.1) is 0 Å². The largest absolute Gasteiger partial charge is 0.393 e. The minimum Gasteiger partial charge on any atom is -0.393 e. The van der Waals surface area contributed by atoms with Crippen molar-refractivity contribution in [3.8, 4) is 23.0 Å². The van der Waals surface area contributed by atoms with Crippen LogP contribution < -0.4 is 16.0 Å². The molecule has 41 heavy (non-hydrogen) atoms. The summed E-state index contributed by atoms with van der Waals surface area (Å²) in [6.07, 6.45) is 6.65. The number of benzene rings is 2. The van der Waals surface area contributed by atoms with Crippen molar-refractivity contribution in [1.82, 2.24) is 15.0 Å². The van der Waals surface area contributed by atoms with Gasteiger partial charge in [0.05, 0.1) is 6.10 Å². The lowest BCUT2D eigenvalue weighted by atomic mass is 9.93. The van der Waals surface area contributed by atoms with Gasteiger partial charge in [0.1, 0.15) is 11.5 Å². The number of carbonyl (C=O) groups is 1. The second-order valence-corrected chi connectivity index (χ2v) is 10.5. The third kappa shape index (κ3) is 7.68. The van der Waals surface area contributed by atoms with Gasteiger partial charge in [0.15, 0.2) is 0 Å². The Morgan fingerprint density at radius 1 is 0.927 bits per heavy atom. The van der Waals surface area contributed by atoms with Crippen molar-refractivity contribution in [3.63, 3.8) is 0 Å². The fraction of sp³-hybridized carbons (Fsp3) is 0.273. The molecule has 8 heteroatoms. The number of hydrogen-bond acceptors (Lipinski definition) is 7. The van der Waals surface area contributed by atoms with E-state index in [0.29, 0.717) is 17.3 Å². The summed E-state index contributed by atoms with van der Waals surface area (Å²) in [5.41, 5.74) is 4.91. The van der Waals surface area contributed by atoms with Crippen LogP contribution in [0, 0.1) is 17.8 Å². The highest BCUT2D eigenvalue weighted by Gasteiger charge is 2.21. The van der Waals surface area contributed by atoms with Crippen LogP contribution in [0.5, 0.6) is 0 Å². The molecule has 0 radical (unpaired) electrons. The summed E-state index contributed by atoms with van der Waals surface area (Å²) in [6, 6.07) is 21.6. The van der Waals surface area contributed by atoms with Crippen LogP contribution in [0.3, 0.4) is 0 Å². The predicted octanol–water partition coefficient (Wildman–Crippen LogP) is 5.99. The first-order valence-corrected chi connectivity index (χ1v) is 14.0. The Bertz CT molecular complexity index is 1540. The molecule has 0 saturated heterocycles. The average molecular weight is 547 g/mol. The molecule has 2 aromatic heterocycles. The molecule has 2 aromatic carbocycles. The van der Waals surface area contributed by atoms with Gasteiger partial charge in [-0.25, -0.2) is 9.97 Å². The zero-order chi connectivity index (χ0) is 28.6. The van der Waals surface area contributed by atoms with E-state index in [4.69, 9.17) is 4.98 Å². The number of amides is 1. The van der Waals surface area contributed by atoms with Crippen molar-refractivity contribution in [1.29, 1.82) is 0 Å². The van der Waals surface area contributed by atoms with E-state index in [0.717, 1.165) is 53.9 Å². The molecular weight excluding hydrogens is 512 g/mol. The predicted molar refractivity (Wildman–Crippen MR) is 163 cm³/mol.